The average Bonchev–Trinajstić information content (AvgIpc) is 2.15. The van der Waals surface area contributed by atoms with Crippen LogP contribution in [-0.2, 0) is 0 Å². The zero-order chi connectivity index (χ0) is 10.6. The highest BCUT2D eigenvalue weighted by Crippen LogP contribution is 2.17. The monoisotopic (exact) mass is 195 g/mol. The second kappa shape index (κ2) is 4.98. The normalized spacial score (nSPS) is 14.9. The first kappa shape index (κ1) is 11.0. The molecule has 14 heavy (non-hydrogen) atoms. The third kappa shape index (κ3) is 3.36. The number of aliphatic hydroxyl groups excluding tert-OH is 1. The topological polar surface area (TPSA) is 55.5 Å². The van der Waals surface area contributed by atoms with Crippen molar-refractivity contribution < 1.29 is 9.84 Å². The maximum atomic E-state index is 9.04. The molecule has 0 saturated carbocycles. The lowest BCUT2D eigenvalue weighted by Crippen LogP contribution is -2.13. The third-order valence-electron chi connectivity index (χ3n) is 1.88. The van der Waals surface area contributed by atoms with E-state index in [1.807, 2.05) is 31.2 Å². The standard InChI is InChI=1S/C11H17NO2/c1-8(13)7-14-11-5-3-4-10(6-11)9(2)12/h3-6,8-9,13H,7,12H2,1-2H3/t8?,9-/m1/s1. The summed E-state index contributed by atoms with van der Waals surface area (Å²) in [6, 6.07) is 7.61. The van der Waals surface area contributed by atoms with Crippen molar-refractivity contribution in [3.63, 3.8) is 0 Å². The molecule has 2 atom stereocenters. The minimum atomic E-state index is -0.450. The van der Waals surface area contributed by atoms with E-state index in [1.54, 1.807) is 6.92 Å². The lowest BCUT2D eigenvalue weighted by Gasteiger charge is -2.10. The van der Waals surface area contributed by atoms with Gasteiger partial charge in [-0.25, -0.2) is 0 Å². The maximum Gasteiger partial charge on any atom is 0.119 e. The van der Waals surface area contributed by atoms with Gasteiger partial charge in [0.1, 0.15) is 12.4 Å². The molecule has 3 heteroatoms. The van der Waals surface area contributed by atoms with Crippen LogP contribution < -0.4 is 10.5 Å². The number of hydrogen-bond acceptors (Lipinski definition) is 3. The summed E-state index contributed by atoms with van der Waals surface area (Å²) in [7, 11) is 0. The number of nitrogens with two attached hydrogens (primary N) is 1. The molecule has 0 radical (unpaired) electrons. The van der Waals surface area contributed by atoms with Gasteiger partial charge < -0.3 is 15.6 Å². The van der Waals surface area contributed by atoms with Crippen LogP contribution in [-0.4, -0.2) is 17.8 Å². The molecule has 0 aliphatic carbocycles. The molecule has 78 valence electrons. The molecule has 3 N–H and O–H groups in total. The summed E-state index contributed by atoms with van der Waals surface area (Å²) in [6.45, 7) is 3.92. The molecule has 0 aromatic heterocycles. The van der Waals surface area contributed by atoms with Crippen molar-refractivity contribution in [1.29, 1.82) is 0 Å². The van der Waals surface area contributed by atoms with E-state index < -0.39 is 6.10 Å². The van der Waals surface area contributed by atoms with Crippen LogP contribution in [0, 0.1) is 0 Å². The fourth-order valence-electron chi connectivity index (χ4n) is 1.10. The zero-order valence-electron chi connectivity index (χ0n) is 8.60. The molecule has 0 bridgehead atoms. The Balaban J connectivity index is 2.64. The summed E-state index contributed by atoms with van der Waals surface area (Å²) in [5.41, 5.74) is 6.77. The minimum absolute atomic E-state index is 0.00472. The molecular weight excluding hydrogens is 178 g/mol. The van der Waals surface area contributed by atoms with Crippen LogP contribution in [0.1, 0.15) is 25.5 Å². The van der Waals surface area contributed by atoms with Crippen molar-refractivity contribution in [2.45, 2.75) is 26.0 Å². The van der Waals surface area contributed by atoms with E-state index in [1.165, 1.54) is 0 Å². The van der Waals surface area contributed by atoms with Gasteiger partial charge in [0.05, 0.1) is 6.10 Å². The Labute approximate surface area is 84.5 Å². The van der Waals surface area contributed by atoms with Gasteiger partial charge in [0.2, 0.25) is 0 Å². The van der Waals surface area contributed by atoms with E-state index >= 15 is 0 Å². The van der Waals surface area contributed by atoms with Gasteiger partial charge in [-0.05, 0) is 31.5 Å². The first-order valence-corrected chi connectivity index (χ1v) is 4.76. The predicted molar refractivity (Wildman–Crippen MR) is 56.2 cm³/mol. The Morgan fingerprint density at radius 1 is 1.43 bits per heavy atom. The highest BCUT2D eigenvalue weighted by Gasteiger charge is 2.02. The quantitative estimate of drug-likeness (QED) is 0.764. The predicted octanol–water partition coefficient (Wildman–Crippen LogP) is 1.47. The maximum absolute atomic E-state index is 9.04. The summed E-state index contributed by atoms with van der Waals surface area (Å²) in [6.07, 6.45) is -0.450. The van der Waals surface area contributed by atoms with Crippen molar-refractivity contribution in [2.24, 2.45) is 5.73 Å². The smallest absolute Gasteiger partial charge is 0.119 e. The van der Waals surface area contributed by atoms with Crippen LogP contribution in [0.2, 0.25) is 0 Å². The molecule has 3 nitrogen and oxygen atoms in total. The highest BCUT2D eigenvalue weighted by atomic mass is 16.5. The summed E-state index contributed by atoms with van der Waals surface area (Å²) >= 11 is 0. The molecule has 0 aliphatic heterocycles. The van der Waals surface area contributed by atoms with Crippen LogP contribution in [0.3, 0.4) is 0 Å². The SMILES string of the molecule is CC(O)COc1cccc([C@@H](C)N)c1. The fraction of sp³-hybridized carbons (Fsp3) is 0.455. The first-order valence-electron chi connectivity index (χ1n) is 4.76. The van der Waals surface area contributed by atoms with E-state index in [4.69, 9.17) is 15.6 Å². The molecule has 1 aromatic rings. The Kier molecular flexibility index (Phi) is 3.92. The highest BCUT2D eigenvalue weighted by molar-refractivity contribution is 5.30. The van der Waals surface area contributed by atoms with Crippen molar-refractivity contribution in [2.75, 3.05) is 6.61 Å². The molecule has 1 unspecified atom stereocenters. The van der Waals surface area contributed by atoms with Gasteiger partial charge in [-0.2, -0.15) is 0 Å². The summed E-state index contributed by atoms with van der Waals surface area (Å²) in [4.78, 5) is 0. The molecule has 0 saturated heterocycles. The largest absolute Gasteiger partial charge is 0.491 e. The lowest BCUT2D eigenvalue weighted by atomic mass is 10.1. The van der Waals surface area contributed by atoms with Gasteiger partial charge >= 0.3 is 0 Å². The van der Waals surface area contributed by atoms with Gasteiger partial charge in [0, 0.05) is 6.04 Å². The molecular formula is C11H17NO2. The second-order valence-corrected chi connectivity index (χ2v) is 3.52. The minimum Gasteiger partial charge on any atom is -0.491 e. The lowest BCUT2D eigenvalue weighted by molar-refractivity contribution is 0.122. The van der Waals surface area contributed by atoms with Crippen molar-refractivity contribution >= 4 is 0 Å². The Morgan fingerprint density at radius 2 is 2.14 bits per heavy atom. The van der Waals surface area contributed by atoms with Crippen molar-refractivity contribution in [3.05, 3.63) is 29.8 Å². The second-order valence-electron chi connectivity index (χ2n) is 3.52. The fourth-order valence-corrected chi connectivity index (χ4v) is 1.10. The number of hydrogen-bond donors (Lipinski definition) is 2. The first-order chi connectivity index (χ1) is 6.59. The summed E-state index contributed by atoms with van der Waals surface area (Å²) < 4.78 is 5.35. The molecule has 0 heterocycles. The van der Waals surface area contributed by atoms with Crippen LogP contribution >= 0.6 is 0 Å². The number of benzene rings is 1. The Bertz CT molecular complexity index is 284. The van der Waals surface area contributed by atoms with E-state index in [0.717, 1.165) is 11.3 Å². The number of aliphatic hydroxyl groups is 1. The van der Waals surface area contributed by atoms with Gasteiger partial charge in [-0.1, -0.05) is 12.1 Å². The Hall–Kier alpha value is -1.06. The van der Waals surface area contributed by atoms with Crippen LogP contribution in [0.15, 0.2) is 24.3 Å². The van der Waals surface area contributed by atoms with E-state index in [0.29, 0.717) is 6.61 Å². The molecule has 1 rings (SSSR count). The van der Waals surface area contributed by atoms with Gasteiger partial charge in [0.15, 0.2) is 0 Å². The molecule has 0 aliphatic rings. The molecule has 1 aromatic carbocycles. The van der Waals surface area contributed by atoms with Crippen LogP contribution in [0.5, 0.6) is 5.75 Å². The molecule has 0 amide bonds. The van der Waals surface area contributed by atoms with E-state index in [9.17, 15) is 0 Å². The van der Waals surface area contributed by atoms with Gasteiger partial charge in [0.25, 0.3) is 0 Å². The number of ether oxygens (including phenoxy) is 1. The van der Waals surface area contributed by atoms with Gasteiger partial charge in [-0.15, -0.1) is 0 Å². The molecule has 0 fully saturated rings. The van der Waals surface area contributed by atoms with Gasteiger partial charge in [-0.3, -0.25) is 0 Å². The summed E-state index contributed by atoms with van der Waals surface area (Å²) in [5.74, 6) is 0.751. The summed E-state index contributed by atoms with van der Waals surface area (Å²) in [5, 5.41) is 9.04. The third-order valence-corrected chi connectivity index (χ3v) is 1.88. The number of rotatable bonds is 4. The average molecular weight is 195 g/mol. The molecule has 0 spiro atoms. The van der Waals surface area contributed by atoms with E-state index in [2.05, 4.69) is 0 Å². The zero-order valence-corrected chi connectivity index (χ0v) is 8.60. The van der Waals surface area contributed by atoms with Crippen LogP contribution in [0.25, 0.3) is 0 Å². The Morgan fingerprint density at radius 3 is 2.71 bits per heavy atom. The van der Waals surface area contributed by atoms with Crippen molar-refractivity contribution in [3.8, 4) is 5.75 Å². The van der Waals surface area contributed by atoms with E-state index in [-0.39, 0.29) is 6.04 Å². The van der Waals surface area contributed by atoms with Crippen LogP contribution in [0.4, 0.5) is 0 Å². The van der Waals surface area contributed by atoms with Crippen molar-refractivity contribution in [1.82, 2.24) is 0 Å².